The van der Waals surface area contributed by atoms with Crippen molar-refractivity contribution in [1.29, 1.82) is 0 Å². The lowest BCUT2D eigenvalue weighted by molar-refractivity contribution is -0.122. The zero-order chi connectivity index (χ0) is 20.5. The molecule has 0 bridgehead atoms. The first-order chi connectivity index (χ1) is 14.7. The molecule has 1 aliphatic heterocycles. The van der Waals surface area contributed by atoms with E-state index in [9.17, 15) is 9.59 Å². The summed E-state index contributed by atoms with van der Waals surface area (Å²) in [5.41, 5.74) is 4.62. The van der Waals surface area contributed by atoms with E-state index >= 15 is 0 Å². The number of aromatic amines is 1. The normalized spacial score (nSPS) is 15.4. The average molecular weight is 395 g/mol. The minimum absolute atomic E-state index is 0.00448. The second-order valence-corrected chi connectivity index (χ2v) is 7.47. The van der Waals surface area contributed by atoms with Crippen LogP contribution in [0.25, 0.3) is 10.9 Å². The summed E-state index contributed by atoms with van der Waals surface area (Å²) in [6.07, 6.45) is 1.94. The highest BCUT2D eigenvalue weighted by Gasteiger charge is 2.39. The van der Waals surface area contributed by atoms with Crippen LogP contribution >= 0.6 is 0 Å². The van der Waals surface area contributed by atoms with Crippen molar-refractivity contribution < 1.29 is 9.59 Å². The molecule has 0 aliphatic carbocycles. The fraction of sp³-hybridized carbons (Fsp3) is 0.120. The van der Waals surface area contributed by atoms with Crippen LogP contribution in [0.2, 0.25) is 0 Å². The van der Waals surface area contributed by atoms with Crippen molar-refractivity contribution in [2.45, 2.75) is 12.6 Å². The number of rotatable bonds is 5. The van der Waals surface area contributed by atoms with Crippen molar-refractivity contribution in [1.82, 2.24) is 15.2 Å². The van der Waals surface area contributed by atoms with E-state index in [0.29, 0.717) is 12.1 Å². The number of para-hydroxylation sites is 1. The van der Waals surface area contributed by atoms with Gasteiger partial charge < -0.3 is 15.2 Å². The van der Waals surface area contributed by atoms with E-state index in [-0.39, 0.29) is 24.4 Å². The zero-order valence-corrected chi connectivity index (χ0v) is 16.3. The molecule has 2 amide bonds. The summed E-state index contributed by atoms with van der Waals surface area (Å²) in [5, 5.41) is 3.99. The van der Waals surface area contributed by atoms with Crippen LogP contribution in [0.5, 0.6) is 0 Å². The lowest BCUT2D eigenvalue weighted by atomic mass is 9.97. The van der Waals surface area contributed by atoms with E-state index < -0.39 is 0 Å². The molecule has 0 fully saturated rings. The van der Waals surface area contributed by atoms with Crippen LogP contribution in [0.1, 0.15) is 33.1 Å². The Hall–Kier alpha value is -3.86. The summed E-state index contributed by atoms with van der Waals surface area (Å²) >= 11 is 0. The first-order valence-corrected chi connectivity index (χ1v) is 9.99. The van der Waals surface area contributed by atoms with Gasteiger partial charge in [0.25, 0.3) is 5.91 Å². The van der Waals surface area contributed by atoms with Gasteiger partial charge in [-0.2, -0.15) is 0 Å². The van der Waals surface area contributed by atoms with Crippen molar-refractivity contribution in [2.24, 2.45) is 0 Å². The predicted molar refractivity (Wildman–Crippen MR) is 116 cm³/mol. The smallest absolute Gasteiger partial charge is 0.255 e. The molecule has 0 saturated heterocycles. The Labute approximate surface area is 174 Å². The zero-order valence-electron chi connectivity index (χ0n) is 16.3. The number of nitrogens with zero attached hydrogens (tertiary/aromatic N) is 1. The largest absolute Gasteiger partial charge is 0.361 e. The SMILES string of the molecule is O=C(CN1C(=O)c2ccccc2C1c1c[nH]c2ccccc12)NCc1ccccc1. The van der Waals surface area contributed by atoms with Gasteiger partial charge in [-0.3, -0.25) is 9.59 Å². The van der Waals surface area contributed by atoms with E-state index in [1.54, 1.807) is 4.90 Å². The van der Waals surface area contributed by atoms with Crippen molar-refractivity contribution >= 4 is 22.7 Å². The van der Waals surface area contributed by atoms with Gasteiger partial charge in [0.1, 0.15) is 6.54 Å². The van der Waals surface area contributed by atoms with Crippen LogP contribution in [-0.4, -0.2) is 28.2 Å². The number of hydrogen-bond donors (Lipinski definition) is 2. The molecule has 5 rings (SSSR count). The molecule has 1 aromatic heterocycles. The topological polar surface area (TPSA) is 65.2 Å². The molecule has 4 aromatic rings. The van der Waals surface area contributed by atoms with Gasteiger partial charge in [-0.25, -0.2) is 0 Å². The molecule has 30 heavy (non-hydrogen) atoms. The maximum absolute atomic E-state index is 13.2. The highest BCUT2D eigenvalue weighted by Crippen LogP contribution is 2.40. The van der Waals surface area contributed by atoms with Crippen molar-refractivity contribution in [3.8, 4) is 0 Å². The number of nitrogens with one attached hydrogen (secondary N) is 2. The van der Waals surface area contributed by atoms with Gasteiger partial charge >= 0.3 is 0 Å². The summed E-state index contributed by atoms with van der Waals surface area (Å²) in [6, 6.07) is 25.1. The first-order valence-electron chi connectivity index (χ1n) is 9.99. The Kier molecular flexibility index (Phi) is 4.56. The van der Waals surface area contributed by atoms with Gasteiger partial charge in [0.05, 0.1) is 6.04 Å². The Morgan fingerprint density at radius 2 is 1.63 bits per heavy atom. The average Bonchev–Trinajstić information content (AvgIpc) is 3.32. The standard InChI is InChI=1S/C25H21N3O2/c29-23(27-14-17-8-2-1-3-9-17)16-28-24(19-11-4-5-12-20(19)25(28)30)21-15-26-22-13-7-6-10-18(21)22/h1-13,15,24,26H,14,16H2,(H,27,29). The molecular formula is C25H21N3O2. The minimum atomic E-state index is -0.299. The number of aromatic nitrogens is 1. The second-order valence-electron chi connectivity index (χ2n) is 7.47. The second kappa shape index (κ2) is 7.52. The quantitative estimate of drug-likeness (QED) is 0.536. The van der Waals surface area contributed by atoms with E-state index in [0.717, 1.165) is 27.6 Å². The van der Waals surface area contributed by atoms with E-state index in [1.807, 2.05) is 85.1 Å². The summed E-state index contributed by atoms with van der Waals surface area (Å²) in [6.45, 7) is 0.441. The molecule has 0 spiro atoms. The summed E-state index contributed by atoms with van der Waals surface area (Å²) in [4.78, 5) is 30.9. The number of hydrogen-bond acceptors (Lipinski definition) is 2. The number of carbonyl (C=O) groups is 2. The number of fused-ring (bicyclic) bond motifs is 2. The third-order valence-corrected chi connectivity index (χ3v) is 5.62. The van der Waals surface area contributed by atoms with Crippen molar-refractivity contribution in [2.75, 3.05) is 6.54 Å². The Balaban J connectivity index is 1.45. The lowest BCUT2D eigenvalue weighted by Crippen LogP contribution is -2.39. The molecule has 1 unspecified atom stereocenters. The molecule has 0 saturated carbocycles. The Morgan fingerprint density at radius 3 is 2.50 bits per heavy atom. The first kappa shape index (κ1) is 18.2. The summed E-state index contributed by atoms with van der Waals surface area (Å²) < 4.78 is 0. The molecule has 1 atom stereocenters. The van der Waals surface area contributed by atoms with Gasteiger partial charge in [-0.05, 0) is 23.3 Å². The van der Waals surface area contributed by atoms with Gasteiger partial charge in [0.2, 0.25) is 5.91 Å². The molecule has 148 valence electrons. The van der Waals surface area contributed by atoms with Crippen LogP contribution < -0.4 is 5.32 Å². The predicted octanol–water partition coefficient (Wildman–Crippen LogP) is 4.03. The van der Waals surface area contributed by atoms with Crippen LogP contribution in [0.3, 0.4) is 0 Å². The number of H-pyrrole nitrogens is 1. The lowest BCUT2D eigenvalue weighted by Gasteiger charge is -2.25. The Morgan fingerprint density at radius 1 is 0.900 bits per heavy atom. The third kappa shape index (κ3) is 3.14. The summed E-state index contributed by atoms with van der Waals surface area (Å²) in [5.74, 6) is -0.291. The van der Waals surface area contributed by atoms with E-state index in [4.69, 9.17) is 0 Å². The van der Waals surface area contributed by atoms with Crippen LogP contribution in [0, 0.1) is 0 Å². The van der Waals surface area contributed by atoms with E-state index in [1.165, 1.54) is 0 Å². The maximum Gasteiger partial charge on any atom is 0.255 e. The Bertz CT molecular complexity index is 1230. The van der Waals surface area contributed by atoms with Crippen LogP contribution in [0.4, 0.5) is 0 Å². The van der Waals surface area contributed by atoms with Gasteiger partial charge in [0, 0.05) is 34.8 Å². The van der Waals surface area contributed by atoms with Crippen LogP contribution in [-0.2, 0) is 11.3 Å². The molecule has 5 heteroatoms. The molecule has 2 N–H and O–H groups in total. The van der Waals surface area contributed by atoms with Gasteiger partial charge in [-0.15, -0.1) is 0 Å². The summed E-state index contributed by atoms with van der Waals surface area (Å²) in [7, 11) is 0. The molecule has 5 nitrogen and oxygen atoms in total. The molecule has 2 heterocycles. The van der Waals surface area contributed by atoms with Crippen molar-refractivity contribution in [3.05, 3.63) is 107 Å². The molecule has 1 aliphatic rings. The number of carbonyl (C=O) groups excluding carboxylic acids is 2. The van der Waals surface area contributed by atoms with Gasteiger partial charge in [0.15, 0.2) is 0 Å². The van der Waals surface area contributed by atoms with Crippen LogP contribution in [0.15, 0.2) is 85.1 Å². The monoisotopic (exact) mass is 395 g/mol. The van der Waals surface area contributed by atoms with E-state index in [2.05, 4.69) is 10.3 Å². The highest BCUT2D eigenvalue weighted by molar-refractivity contribution is 6.02. The molecule has 3 aromatic carbocycles. The van der Waals surface area contributed by atoms with Gasteiger partial charge in [-0.1, -0.05) is 66.7 Å². The fourth-order valence-corrected chi connectivity index (χ4v) is 4.20. The molecular weight excluding hydrogens is 374 g/mol. The number of amides is 2. The van der Waals surface area contributed by atoms with Crippen molar-refractivity contribution in [3.63, 3.8) is 0 Å². The maximum atomic E-state index is 13.2. The fourth-order valence-electron chi connectivity index (χ4n) is 4.20. The third-order valence-electron chi connectivity index (χ3n) is 5.62. The highest BCUT2D eigenvalue weighted by atomic mass is 16.2. The molecule has 0 radical (unpaired) electrons. The number of benzene rings is 3. The minimum Gasteiger partial charge on any atom is -0.361 e.